The van der Waals surface area contributed by atoms with E-state index in [1.165, 1.54) is 22.7 Å². The Hall–Kier alpha value is -0.250. The minimum absolute atomic E-state index is 0.307. The minimum Gasteiger partial charge on any atom is -0.313 e. The summed E-state index contributed by atoms with van der Waals surface area (Å²) in [5.41, 5.74) is 0.995. The van der Waals surface area contributed by atoms with Crippen LogP contribution < -0.4 is 10.0 Å². The van der Waals surface area contributed by atoms with Crippen molar-refractivity contribution >= 4 is 48.6 Å². The topological polar surface area (TPSA) is 58.2 Å². The van der Waals surface area contributed by atoms with Gasteiger partial charge in [0.2, 0.25) is 10.0 Å². The molecule has 0 aliphatic carbocycles. The van der Waals surface area contributed by atoms with E-state index in [1.807, 2.05) is 23.8 Å². The summed E-state index contributed by atoms with van der Waals surface area (Å²) in [7, 11) is -3.43. The van der Waals surface area contributed by atoms with Gasteiger partial charge < -0.3 is 5.32 Å². The molecule has 0 saturated carbocycles. The predicted octanol–water partition coefficient (Wildman–Crippen LogP) is 3.16. The highest BCUT2D eigenvalue weighted by Gasteiger charge is 2.17. The molecule has 20 heavy (non-hydrogen) atoms. The molecule has 0 aliphatic rings. The maximum atomic E-state index is 12.2. The van der Waals surface area contributed by atoms with Crippen LogP contribution in [0.25, 0.3) is 0 Å². The van der Waals surface area contributed by atoms with Crippen LogP contribution in [-0.4, -0.2) is 15.0 Å². The van der Waals surface area contributed by atoms with Gasteiger partial charge in [-0.05, 0) is 50.9 Å². The third-order valence-electron chi connectivity index (χ3n) is 2.59. The first-order chi connectivity index (χ1) is 9.53. The summed E-state index contributed by atoms with van der Waals surface area (Å²) >= 11 is 6.16. The molecule has 2 rings (SSSR count). The van der Waals surface area contributed by atoms with Gasteiger partial charge in [-0.25, -0.2) is 13.1 Å². The Morgan fingerprint density at radius 3 is 2.75 bits per heavy atom. The molecule has 2 heterocycles. The monoisotopic (exact) mass is 394 g/mol. The van der Waals surface area contributed by atoms with E-state index in [9.17, 15) is 8.42 Å². The Morgan fingerprint density at radius 2 is 2.10 bits per heavy atom. The van der Waals surface area contributed by atoms with Gasteiger partial charge >= 0.3 is 0 Å². The first-order valence-corrected chi connectivity index (χ1v) is 10.1. The zero-order chi connectivity index (χ0) is 14.6. The lowest BCUT2D eigenvalue weighted by molar-refractivity contribution is 0.583. The van der Waals surface area contributed by atoms with Gasteiger partial charge in [-0.1, -0.05) is 6.92 Å². The van der Waals surface area contributed by atoms with Gasteiger partial charge in [0.1, 0.15) is 4.21 Å². The molecule has 0 unspecified atom stereocenters. The molecule has 0 bridgehead atoms. The summed E-state index contributed by atoms with van der Waals surface area (Å²) in [6.45, 7) is 3.88. The molecule has 2 aromatic rings. The fourth-order valence-electron chi connectivity index (χ4n) is 1.54. The summed E-state index contributed by atoms with van der Waals surface area (Å²) in [5.74, 6) is 0. The highest BCUT2D eigenvalue weighted by Crippen LogP contribution is 2.24. The SMILES string of the molecule is CCNCc1csc(S(=O)(=O)NCc2sccc2Br)c1. The van der Waals surface area contributed by atoms with Gasteiger partial charge in [0.05, 0.1) is 0 Å². The van der Waals surface area contributed by atoms with Crippen LogP contribution in [0, 0.1) is 0 Å². The van der Waals surface area contributed by atoms with Crippen LogP contribution in [0.1, 0.15) is 17.4 Å². The van der Waals surface area contributed by atoms with Crippen LogP contribution in [0.15, 0.2) is 31.6 Å². The molecule has 8 heteroatoms. The van der Waals surface area contributed by atoms with Crippen LogP contribution >= 0.6 is 38.6 Å². The van der Waals surface area contributed by atoms with Gasteiger partial charge in [-0.2, -0.15) is 0 Å². The van der Waals surface area contributed by atoms with Crippen molar-refractivity contribution in [3.8, 4) is 0 Å². The number of halogens is 1. The number of rotatable bonds is 7. The Kier molecular flexibility index (Phi) is 5.76. The average molecular weight is 395 g/mol. The first kappa shape index (κ1) is 16.1. The van der Waals surface area contributed by atoms with Crippen LogP contribution in [-0.2, 0) is 23.1 Å². The van der Waals surface area contributed by atoms with E-state index >= 15 is 0 Å². The maximum Gasteiger partial charge on any atom is 0.250 e. The molecule has 0 radical (unpaired) electrons. The number of thiophene rings is 2. The van der Waals surface area contributed by atoms with Crippen molar-refractivity contribution in [1.29, 1.82) is 0 Å². The molecular weight excluding hydrogens is 380 g/mol. The quantitative estimate of drug-likeness (QED) is 0.757. The van der Waals surface area contributed by atoms with Crippen molar-refractivity contribution in [2.75, 3.05) is 6.54 Å². The second kappa shape index (κ2) is 7.15. The maximum absolute atomic E-state index is 12.2. The predicted molar refractivity (Wildman–Crippen MR) is 87.7 cm³/mol. The van der Waals surface area contributed by atoms with Crippen molar-refractivity contribution < 1.29 is 8.42 Å². The van der Waals surface area contributed by atoms with Gasteiger partial charge in [0, 0.05) is 22.4 Å². The number of hydrogen-bond donors (Lipinski definition) is 2. The van der Waals surface area contributed by atoms with Crippen molar-refractivity contribution in [2.24, 2.45) is 0 Å². The van der Waals surface area contributed by atoms with Crippen LogP contribution in [0.5, 0.6) is 0 Å². The van der Waals surface area contributed by atoms with E-state index in [0.717, 1.165) is 21.5 Å². The highest BCUT2D eigenvalue weighted by atomic mass is 79.9. The molecule has 0 atom stereocenters. The Morgan fingerprint density at radius 1 is 1.30 bits per heavy atom. The van der Waals surface area contributed by atoms with Crippen molar-refractivity contribution in [1.82, 2.24) is 10.0 Å². The molecule has 0 spiro atoms. The van der Waals surface area contributed by atoms with Gasteiger partial charge in [-0.15, -0.1) is 22.7 Å². The number of nitrogens with one attached hydrogen (secondary N) is 2. The third kappa shape index (κ3) is 4.12. The molecule has 0 aliphatic heterocycles. The van der Waals surface area contributed by atoms with Crippen LogP contribution in [0.3, 0.4) is 0 Å². The van der Waals surface area contributed by atoms with Crippen LogP contribution in [0.4, 0.5) is 0 Å². The Bertz CT molecular complexity index is 664. The van der Waals surface area contributed by atoms with E-state index in [2.05, 4.69) is 26.0 Å². The third-order valence-corrected chi connectivity index (χ3v) is 7.40. The zero-order valence-electron chi connectivity index (χ0n) is 10.8. The summed E-state index contributed by atoms with van der Waals surface area (Å²) in [6, 6.07) is 3.63. The molecule has 0 amide bonds. The lowest BCUT2D eigenvalue weighted by Crippen LogP contribution is -2.22. The zero-order valence-corrected chi connectivity index (χ0v) is 14.9. The van der Waals surface area contributed by atoms with Crippen molar-refractivity contribution in [3.05, 3.63) is 37.8 Å². The van der Waals surface area contributed by atoms with Crippen molar-refractivity contribution in [2.45, 2.75) is 24.2 Å². The van der Waals surface area contributed by atoms with E-state index in [1.54, 1.807) is 6.07 Å². The second-order valence-corrected chi connectivity index (χ2v) is 8.83. The molecule has 2 aromatic heterocycles. The summed E-state index contributed by atoms with van der Waals surface area (Å²) in [6.07, 6.45) is 0. The molecule has 0 saturated heterocycles. The molecular formula is C12H15BrN2O2S3. The highest BCUT2D eigenvalue weighted by molar-refractivity contribution is 9.10. The van der Waals surface area contributed by atoms with Gasteiger partial charge in [0.15, 0.2) is 0 Å². The van der Waals surface area contributed by atoms with Gasteiger partial charge in [0.25, 0.3) is 0 Å². The number of hydrogen-bond acceptors (Lipinski definition) is 5. The van der Waals surface area contributed by atoms with E-state index < -0.39 is 10.0 Å². The molecule has 110 valence electrons. The standard InChI is InChI=1S/C12H15BrN2O2S3/c1-2-14-6-9-5-12(19-8-9)20(16,17)15-7-11-10(13)3-4-18-11/h3-5,8,14-15H,2,6-7H2,1H3. The summed E-state index contributed by atoms with van der Waals surface area (Å²) in [5, 5.41) is 6.98. The van der Waals surface area contributed by atoms with E-state index in [0.29, 0.717) is 17.3 Å². The molecule has 0 fully saturated rings. The average Bonchev–Trinajstić information content (AvgIpc) is 3.03. The van der Waals surface area contributed by atoms with Gasteiger partial charge in [-0.3, -0.25) is 0 Å². The Labute approximate surface area is 135 Å². The fraction of sp³-hybridized carbons (Fsp3) is 0.333. The first-order valence-electron chi connectivity index (χ1n) is 6.02. The van der Waals surface area contributed by atoms with Crippen LogP contribution in [0.2, 0.25) is 0 Å². The van der Waals surface area contributed by atoms with Crippen molar-refractivity contribution in [3.63, 3.8) is 0 Å². The smallest absolute Gasteiger partial charge is 0.250 e. The normalized spacial score (nSPS) is 11.9. The minimum atomic E-state index is -3.43. The summed E-state index contributed by atoms with van der Waals surface area (Å²) < 4.78 is 28.3. The second-order valence-electron chi connectivity index (χ2n) is 4.07. The molecule has 0 aromatic carbocycles. The largest absolute Gasteiger partial charge is 0.313 e. The molecule has 4 nitrogen and oxygen atoms in total. The summed E-state index contributed by atoms with van der Waals surface area (Å²) in [4.78, 5) is 0.970. The Balaban J connectivity index is 2.03. The number of sulfonamides is 1. The van der Waals surface area contributed by atoms with E-state index in [4.69, 9.17) is 0 Å². The van der Waals surface area contributed by atoms with E-state index in [-0.39, 0.29) is 0 Å². The lowest BCUT2D eigenvalue weighted by Gasteiger charge is -2.03. The lowest BCUT2D eigenvalue weighted by atomic mass is 10.3. The fourth-order valence-corrected chi connectivity index (χ4v) is 5.31. The molecule has 2 N–H and O–H groups in total.